The summed E-state index contributed by atoms with van der Waals surface area (Å²) in [4.78, 5) is 26.1. The molecule has 132 valence electrons. The quantitative estimate of drug-likeness (QED) is 0.847. The fourth-order valence-electron chi connectivity index (χ4n) is 3.35. The summed E-state index contributed by atoms with van der Waals surface area (Å²) in [7, 11) is 0. The molecule has 1 amide bonds. The lowest BCUT2D eigenvalue weighted by molar-refractivity contribution is -0.138. The number of hydrogen-bond donors (Lipinski definition) is 0. The summed E-state index contributed by atoms with van der Waals surface area (Å²) in [5.41, 5.74) is 1.00. The summed E-state index contributed by atoms with van der Waals surface area (Å²) < 4.78 is 5.36. The zero-order valence-corrected chi connectivity index (χ0v) is 15.0. The van der Waals surface area contributed by atoms with E-state index in [2.05, 4.69) is 23.7 Å². The van der Waals surface area contributed by atoms with Gasteiger partial charge in [0.25, 0.3) is 0 Å². The monoisotopic (exact) mass is 332 g/mol. The molecule has 6 heteroatoms. The van der Waals surface area contributed by atoms with E-state index in [9.17, 15) is 4.79 Å². The molecular formula is C18H28N4O2. The van der Waals surface area contributed by atoms with Gasteiger partial charge in [-0.15, -0.1) is 0 Å². The average Bonchev–Trinajstić information content (AvgIpc) is 2.61. The summed E-state index contributed by atoms with van der Waals surface area (Å²) in [6, 6.07) is 2.04. The molecule has 0 spiro atoms. The van der Waals surface area contributed by atoms with Gasteiger partial charge in [0.2, 0.25) is 5.91 Å². The van der Waals surface area contributed by atoms with Crippen molar-refractivity contribution in [2.24, 2.45) is 5.92 Å². The third-order valence-corrected chi connectivity index (χ3v) is 4.86. The summed E-state index contributed by atoms with van der Waals surface area (Å²) >= 11 is 0. The van der Waals surface area contributed by atoms with Crippen LogP contribution in [0, 0.1) is 12.8 Å². The first-order valence-electron chi connectivity index (χ1n) is 9.01. The molecule has 0 unspecified atom stereocenters. The highest BCUT2D eigenvalue weighted by atomic mass is 16.5. The van der Waals surface area contributed by atoms with Crippen molar-refractivity contribution in [3.8, 4) is 0 Å². The molecule has 0 bridgehead atoms. The maximum Gasteiger partial charge on any atom is 0.225 e. The fraction of sp³-hybridized carbons (Fsp3) is 0.722. The van der Waals surface area contributed by atoms with Crippen LogP contribution in [0.25, 0.3) is 0 Å². The fourth-order valence-corrected chi connectivity index (χ4v) is 3.35. The minimum atomic E-state index is 0.152. The third kappa shape index (κ3) is 3.86. The van der Waals surface area contributed by atoms with Crippen LogP contribution in [0.2, 0.25) is 0 Å². The van der Waals surface area contributed by atoms with Gasteiger partial charge in [-0.1, -0.05) is 13.8 Å². The Morgan fingerprint density at radius 2 is 1.83 bits per heavy atom. The van der Waals surface area contributed by atoms with Crippen LogP contribution in [0.4, 0.5) is 5.82 Å². The Morgan fingerprint density at radius 1 is 1.17 bits per heavy atom. The van der Waals surface area contributed by atoms with Crippen molar-refractivity contribution in [2.45, 2.75) is 39.5 Å². The molecule has 6 nitrogen and oxygen atoms in total. The molecule has 0 atom stereocenters. The van der Waals surface area contributed by atoms with E-state index < -0.39 is 0 Å². The molecule has 0 N–H and O–H groups in total. The van der Waals surface area contributed by atoms with Crippen molar-refractivity contribution in [2.75, 3.05) is 44.3 Å². The average molecular weight is 332 g/mol. The summed E-state index contributed by atoms with van der Waals surface area (Å²) in [6.07, 6.45) is 1.73. The molecule has 24 heavy (non-hydrogen) atoms. The highest BCUT2D eigenvalue weighted by molar-refractivity contribution is 5.79. The van der Waals surface area contributed by atoms with Crippen molar-refractivity contribution in [1.29, 1.82) is 0 Å². The predicted molar refractivity (Wildman–Crippen MR) is 93.2 cm³/mol. The van der Waals surface area contributed by atoms with Gasteiger partial charge >= 0.3 is 0 Å². The topological polar surface area (TPSA) is 58.6 Å². The van der Waals surface area contributed by atoms with E-state index in [0.29, 0.717) is 25.0 Å². The third-order valence-electron chi connectivity index (χ3n) is 4.86. The Morgan fingerprint density at radius 3 is 2.46 bits per heavy atom. The van der Waals surface area contributed by atoms with E-state index in [1.54, 1.807) is 0 Å². The van der Waals surface area contributed by atoms with E-state index in [1.165, 1.54) is 0 Å². The number of amides is 1. The minimum Gasteiger partial charge on any atom is -0.381 e. The maximum absolute atomic E-state index is 12.6. The second-order valence-corrected chi connectivity index (χ2v) is 7.08. The molecule has 3 heterocycles. The number of ether oxygens (including phenoxy) is 1. The molecule has 0 radical (unpaired) electrons. The minimum absolute atomic E-state index is 0.152. The lowest BCUT2D eigenvalue weighted by atomic mass is 9.98. The van der Waals surface area contributed by atoms with Gasteiger partial charge in [0, 0.05) is 63.0 Å². The van der Waals surface area contributed by atoms with Crippen molar-refractivity contribution in [1.82, 2.24) is 14.9 Å². The molecular weight excluding hydrogens is 304 g/mol. The van der Waals surface area contributed by atoms with Crippen LogP contribution in [0.5, 0.6) is 0 Å². The normalized spacial score (nSPS) is 19.8. The van der Waals surface area contributed by atoms with Crippen LogP contribution >= 0.6 is 0 Å². The summed E-state index contributed by atoms with van der Waals surface area (Å²) in [5.74, 6) is 2.66. The number of aromatic nitrogens is 2. The Labute approximate surface area is 144 Å². The SMILES string of the molecule is Cc1cc(N2CCN(C(=O)C3CCOCC3)CC2)nc(C(C)C)n1. The number of piperazine rings is 1. The number of rotatable bonds is 3. The van der Waals surface area contributed by atoms with Crippen molar-refractivity contribution in [3.05, 3.63) is 17.6 Å². The zero-order valence-electron chi connectivity index (χ0n) is 15.0. The molecule has 0 aromatic carbocycles. The van der Waals surface area contributed by atoms with E-state index in [-0.39, 0.29) is 5.92 Å². The zero-order chi connectivity index (χ0) is 17.1. The van der Waals surface area contributed by atoms with Crippen LogP contribution in [0.15, 0.2) is 6.07 Å². The van der Waals surface area contributed by atoms with Crippen LogP contribution in [-0.4, -0.2) is 60.2 Å². The predicted octanol–water partition coefficient (Wildman–Crippen LogP) is 1.98. The number of aryl methyl sites for hydroxylation is 1. The van der Waals surface area contributed by atoms with Crippen LogP contribution in [0.1, 0.15) is 44.1 Å². The van der Waals surface area contributed by atoms with Gasteiger partial charge in [-0.25, -0.2) is 9.97 Å². The van der Waals surface area contributed by atoms with Crippen LogP contribution < -0.4 is 4.90 Å². The van der Waals surface area contributed by atoms with Crippen molar-refractivity contribution in [3.63, 3.8) is 0 Å². The molecule has 2 aliphatic heterocycles. The Balaban J connectivity index is 1.61. The Bertz CT molecular complexity index is 576. The van der Waals surface area contributed by atoms with Crippen molar-refractivity contribution >= 4 is 11.7 Å². The summed E-state index contributed by atoms with van der Waals surface area (Å²) in [5, 5.41) is 0. The van der Waals surface area contributed by atoms with Crippen LogP contribution in [0.3, 0.4) is 0 Å². The van der Waals surface area contributed by atoms with Gasteiger partial charge in [-0.2, -0.15) is 0 Å². The smallest absolute Gasteiger partial charge is 0.225 e. The number of anilines is 1. The van der Waals surface area contributed by atoms with Gasteiger partial charge in [-0.3, -0.25) is 4.79 Å². The standard InChI is InChI=1S/C18H28N4O2/c1-13(2)17-19-14(3)12-16(20-17)21-6-8-22(9-7-21)18(23)15-4-10-24-11-5-15/h12-13,15H,4-11H2,1-3H3. The number of nitrogens with zero attached hydrogens (tertiary/aromatic N) is 4. The highest BCUT2D eigenvalue weighted by Crippen LogP contribution is 2.21. The maximum atomic E-state index is 12.6. The van der Waals surface area contributed by atoms with Gasteiger partial charge in [0.15, 0.2) is 0 Å². The van der Waals surface area contributed by atoms with Crippen molar-refractivity contribution < 1.29 is 9.53 Å². The Kier molecular flexibility index (Phi) is 5.33. The molecule has 2 aliphatic rings. The largest absolute Gasteiger partial charge is 0.381 e. The van der Waals surface area contributed by atoms with E-state index in [1.807, 2.05) is 17.9 Å². The van der Waals surface area contributed by atoms with Gasteiger partial charge < -0.3 is 14.5 Å². The molecule has 0 saturated carbocycles. The number of carbonyl (C=O) groups excluding carboxylic acids is 1. The van der Waals surface area contributed by atoms with E-state index >= 15 is 0 Å². The Hall–Kier alpha value is -1.69. The first-order valence-corrected chi connectivity index (χ1v) is 9.01. The van der Waals surface area contributed by atoms with Crippen LogP contribution in [-0.2, 0) is 9.53 Å². The molecule has 0 aliphatic carbocycles. The highest BCUT2D eigenvalue weighted by Gasteiger charge is 2.29. The molecule has 1 aromatic heterocycles. The second kappa shape index (κ2) is 7.47. The van der Waals surface area contributed by atoms with E-state index in [0.717, 1.165) is 56.4 Å². The summed E-state index contributed by atoms with van der Waals surface area (Å²) in [6.45, 7) is 10.9. The first-order chi connectivity index (χ1) is 11.5. The van der Waals surface area contributed by atoms with Gasteiger partial charge in [0.05, 0.1) is 0 Å². The number of hydrogen-bond acceptors (Lipinski definition) is 5. The van der Waals surface area contributed by atoms with Gasteiger partial charge in [-0.05, 0) is 19.8 Å². The molecule has 1 aromatic rings. The lowest BCUT2D eigenvalue weighted by Gasteiger charge is -2.37. The first kappa shape index (κ1) is 17.1. The molecule has 2 saturated heterocycles. The molecule has 3 rings (SSSR count). The number of carbonyl (C=O) groups is 1. The molecule has 2 fully saturated rings. The van der Waals surface area contributed by atoms with Gasteiger partial charge in [0.1, 0.15) is 11.6 Å². The van der Waals surface area contributed by atoms with E-state index in [4.69, 9.17) is 9.72 Å². The lowest BCUT2D eigenvalue weighted by Crippen LogP contribution is -2.51. The second-order valence-electron chi connectivity index (χ2n) is 7.08.